The predicted octanol–water partition coefficient (Wildman–Crippen LogP) is 3.44. The minimum Gasteiger partial charge on any atom is -0.504 e. The first-order valence-electron chi connectivity index (χ1n) is 5.83. The molecule has 0 unspecified atom stereocenters. The second kappa shape index (κ2) is 4.86. The van der Waals surface area contributed by atoms with Gasteiger partial charge >= 0.3 is 0 Å². The van der Waals surface area contributed by atoms with Crippen molar-refractivity contribution in [2.45, 2.75) is 0 Å². The summed E-state index contributed by atoms with van der Waals surface area (Å²) in [5.74, 6) is 0.0823. The Hall–Kier alpha value is -2.53. The largest absolute Gasteiger partial charge is 0.504 e. The van der Waals surface area contributed by atoms with Crippen LogP contribution in [-0.4, -0.2) is 20.2 Å². The highest BCUT2D eigenvalue weighted by atomic mass is 35.5. The molecule has 0 saturated heterocycles. The Labute approximate surface area is 119 Å². The zero-order valence-corrected chi connectivity index (χ0v) is 11.0. The van der Waals surface area contributed by atoms with Crippen LogP contribution in [0.4, 0.5) is 11.5 Å². The van der Waals surface area contributed by atoms with E-state index < -0.39 is 0 Å². The monoisotopic (exact) mass is 287 g/mol. The van der Waals surface area contributed by atoms with E-state index in [1.54, 1.807) is 12.1 Å². The van der Waals surface area contributed by atoms with E-state index in [-0.39, 0.29) is 11.5 Å². The quantitative estimate of drug-likeness (QED) is 0.629. The van der Waals surface area contributed by atoms with Crippen LogP contribution >= 0.6 is 11.6 Å². The summed E-state index contributed by atoms with van der Waals surface area (Å²) in [7, 11) is 0. The molecule has 3 N–H and O–H groups in total. The van der Waals surface area contributed by atoms with Crippen LogP contribution < -0.4 is 5.32 Å². The number of hydrogen-bond donors (Lipinski definition) is 3. The van der Waals surface area contributed by atoms with E-state index in [1.807, 2.05) is 12.1 Å². The normalized spacial score (nSPS) is 10.7. The molecule has 1 heterocycles. The third-order valence-electron chi connectivity index (χ3n) is 2.82. The first kappa shape index (κ1) is 12.5. The molecule has 1 aromatic heterocycles. The fourth-order valence-corrected chi connectivity index (χ4v) is 2.07. The van der Waals surface area contributed by atoms with Gasteiger partial charge in [0.25, 0.3) is 0 Å². The third-order valence-corrected chi connectivity index (χ3v) is 3.05. The zero-order valence-electron chi connectivity index (χ0n) is 10.2. The molecule has 0 bridgehead atoms. The number of hydrogen-bond acceptors (Lipinski definition) is 5. The van der Waals surface area contributed by atoms with Crippen molar-refractivity contribution in [2.24, 2.45) is 0 Å². The lowest BCUT2D eigenvalue weighted by Crippen LogP contribution is -1.95. The summed E-state index contributed by atoms with van der Waals surface area (Å²) in [5, 5.41) is 23.4. The van der Waals surface area contributed by atoms with Gasteiger partial charge in [0.05, 0.1) is 5.52 Å². The molecule has 100 valence electrons. The Kier molecular flexibility index (Phi) is 3.04. The summed E-state index contributed by atoms with van der Waals surface area (Å²) in [6, 6.07) is 9.99. The average molecular weight is 288 g/mol. The van der Waals surface area contributed by atoms with Gasteiger partial charge in [0.2, 0.25) is 0 Å². The Balaban J connectivity index is 2.09. The highest BCUT2D eigenvalue weighted by Crippen LogP contribution is 2.32. The number of fused-ring (bicyclic) bond motifs is 1. The number of anilines is 2. The zero-order chi connectivity index (χ0) is 14.1. The van der Waals surface area contributed by atoms with Crippen LogP contribution in [0, 0.1) is 0 Å². The minimum absolute atomic E-state index is 0.218. The number of nitrogens with zero attached hydrogens (tertiary/aromatic N) is 2. The summed E-state index contributed by atoms with van der Waals surface area (Å²) in [6.45, 7) is 0. The van der Waals surface area contributed by atoms with Crippen LogP contribution in [0.25, 0.3) is 10.9 Å². The van der Waals surface area contributed by atoms with Crippen LogP contribution in [0.3, 0.4) is 0 Å². The highest BCUT2D eigenvalue weighted by molar-refractivity contribution is 6.30. The predicted molar refractivity (Wildman–Crippen MR) is 77.6 cm³/mol. The van der Waals surface area contributed by atoms with Crippen molar-refractivity contribution in [2.75, 3.05) is 5.32 Å². The van der Waals surface area contributed by atoms with Crippen LogP contribution in [0.1, 0.15) is 0 Å². The molecule has 0 aliphatic carbocycles. The number of phenols is 2. The summed E-state index contributed by atoms with van der Waals surface area (Å²) >= 11 is 5.93. The van der Waals surface area contributed by atoms with Gasteiger partial charge < -0.3 is 15.5 Å². The molecule has 3 rings (SSSR count). The summed E-state index contributed by atoms with van der Waals surface area (Å²) in [4.78, 5) is 8.20. The van der Waals surface area contributed by atoms with Crippen molar-refractivity contribution in [3.8, 4) is 11.5 Å². The lowest BCUT2D eigenvalue weighted by Gasteiger charge is -2.09. The van der Waals surface area contributed by atoms with E-state index in [0.29, 0.717) is 21.7 Å². The molecule has 0 atom stereocenters. The number of phenolic OH excluding ortho intramolecular Hbond substituents is 2. The smallest absolute Gasteiger partial charge is 0.159 e. The summed E-state index contributed by atoms with van der Waals surface area (Å²) in [6.07, 6.45) is 1.38. The fraction of sp³-hybridized carbons (Fsp3) is 0. The number of halogens is 1. The highest BCUT2D eigenvalue weighted by Gasteiger charge is 2.08. The molecule has 0 amide bonds. The molecule has 0 spiro atoms. The van der Waals surface area contributed by atoms with E-state index >= 15 is 0 Å². The molecule has 0 aliphatic rings. The topological polar surface area (TPSA) is 78.3 Å². The third kappa shape index (κ3) is 2.31. The van der Waals surface area contributed by atoms with E-state index in [9.17, 15) is 10.2 Å². The maximum absolute atomic E-state index is 9.60. The summed E-state index contributed by atoms with van der Waals surface area (Å²) < 4.78 is 0. The van der Waals surface area contributed by atoms with Gasteiger partial charge in [-0.15, -0.1) is 0 Å². The Morgan fingerprint density at radius 2 is 1.80 bits per heavy atom. The Bertz CT molecular complexity index is 792. The number of rotatable bonds is 2. The van der Waals surface area contributed by atoms with Gasteiger partial charge in [-0.3, -0.25) is 0 Å². The van der Waals surface area contributed by atoms with Crippen LogP contribution in [-0.2, 0) is 0 Å². The molecule has 0 saturated carbocycles. The van der Waals surface area contributed by atoms with Gasteiger partial charge in [0.1, 0.15) is 12.1 Å². The molecule has 20 heavy (non-hydrogen) atoms. The fourth-order valence-electron chi connectivity index (χ4n) is 1.88. The molecule has 6 heteroatoms. The lowest BCUT2D eigenvalue weighted by molar-refractivity contribution is 0.405. The molecule has 5 nitrogen and oxygen atoms in total. The van der Waals surface area contributed by atoms with Gasteiger partial charge in [-0.25, -0.2) is 9.97 Å². The van der Waals surface area contributed by atoms with Crippen molar-refractivity contribution in [3.63, 3.8) is 0 Å². The lowest BCUT2D eigenvalue weighted by atomic mass is 10.2. The standard InChI is InChI=1S/C14H10ClN3O2/c15-8-2-1-3-9(4-8)18-14-10-5-12(19)13(20)6-11(10)16-7-17-14/h1-7,19-20H,(H,16,17,18). The number of nitrogens with one attached hydrogen (secondary N) is 1. The first-order valence-corrected chi connectivity index (χ1v) is 6.20. The second-order valence-electron chi connectivity index (χ2n) is 4.22. The van der Waals surface area contributed by atoms with E-state index in [2.05, 4.69) is 15.3 Å². The van der Waals surface area contributed by atoms with Gasteiger partial charge in [-0.05, 0) is 24.3 Å². The molecular formula is C14H10ClN3O2. The van der Waals surface area contributed by atoms with E-state index in [0.717, 1.165) is 5.69 Å². The number of benzene rings is 2. The minimum atomic E-state index is -0.221. The van der Waals surface area contributed by atoms with Crippen molar-refractivity contribution >= 4 is 34.0 Å². The van der Waals surface area contributed by atoms with E-state index in [4.69, 9.17) is 11.6 Å². The van der Waals surface area contributed by atoms with E-state index in [1.165, 1.54) is 18.5 Å². The van der Waals surface area contributed by atoms with Gasteiger partial charge in [0, 0.05) is 22.2 Å². The van der Waals surface area contributed by atoms with Gasteiger partial charge in [0.15, 0.2) is 11.5 Å². The van der Waals surface area contributed by atoms with Crippen LogP contribution in [0.15, 0.2) is 42.7 Å². The first-order chi connectivity index (χ1) is 9.63. The van der Waals surface area contributed by atoms with Gasteiger partial charge in [-0.2, -0.15) is 0 Å². The van der Waals surface area contributed by atoms with Crippen molar-refractivity contribution < 1.29 is 10.2 Å². The van der Waals surface area contributed by atoms with Gasteiger partial charge in [-0.1, -0.05) is 17.7 Å². The van der Waals surface area contributed by atoms with Crippen molar-refractivity contribution in [3.05, 3.63) is 47.7 Å². The molecule has 3 aromatic rings. The average Bonchev–Trinajstić information content (AvgIpc) is 2.41. The SMILES string of the molecule is Oc1cc2ncnc(Nc3cccc(Cl)c3)c2cc1O. The Morgan fingerprint density at radius 1 is 1.00 bits per heavy atom. The molecule has 0 aliphatic heterocycles. The van der Waals surface area contributed by atoms with Crippen molar-refractivity contribution in [1.29, 1.82) is 0 Å². The maximum atomic E-state index is 9.60. The molecule has 0 radical (unpaired) electrons. The molecule has 0 fully saturated rings. The van der Waals surface area contributed by atoms with Crippen LogP contribution in [0.2, 0.25) is 5.02 Å². The number of aromatic hydroxyl groups is 2. The number of aromatic nitrogens is 2. The summed E-state index contributed by atoms with van der Waals surface area (Å²) in [5.41, 5.74) is 1.30. The molecule has 2 aromatic carbocycles. The molecular weight excluding hydrogens is 278 g/mol. The van der Waals surface area contributed by atoms with Crippen molar-refractivity contribution in [1.82, 2.24) is 9.97 Å². The Morgan fingerprint density at radius 3 is 2.60 bits per heavy atom. The maximum Gasteiger partial charge on any atom is 0.159 e. The van der Waals surface area contributed by atoms with Crippen LogP contribution in [0.5, 0.6) is 11.5 Å². The second-order valence-corrected chi connectivity index (χ2v) is 4.65.